The number of carbonyl (C=O) groups is 2. The lowest BCUT2D eigenvalue weighted by Crippen LogP contribution is -2.27. The second-order valence-electron chi connectivity index (χ2n) is 7.67. The quantitative estimate of drug-likeness (QED) is 0.588. The monoisotopic (exact) mass is 435 g/mol. The zero-order valence-corrected chi connectivity index (χ0v) is 17.4. The van der Waals surface area contributed by atoms with Crippen LogP contribution < -0.4 is 15.5 Å². The molecule has 0 spiro atoms. The Balaban J connectivity index is 1.56. The molecule has 0 radical (unpaired) electrons. The molecule has 1 aliphatic rings. The summed E-state index contributed by atoms with van der Waals surface area (Å²) in [4.78, 5) is 27.7. The number of nitrogens with zero attached hydrogens (tertiary/aromatic N) is 1. The fraction of sp³-hybridized carbons (Fsp3) is 0.200. The lowest BCUT2D eigenvalue weighted by Gasteiger charge is -2.22. The van der Waals surface area contributed by atoms with Gasteiger partial charge < -0.3 is 15.5 Å². The molecule has 5 nitrogen and oxygen atoms in total. The summed E-state index contributed by atoms with van der Waals surface area (Å²) in [6.07, 6.45) is 2.09. The molecule has 4 rings (SSSR count). The molecule has 0 atom stereocenters. The van der Waals surface area contributed by atoms with Crippen molar-refractivity contribution in [3.05, 3.63) is 95.1 Å². The molecule has 1 saturated heterocycles. The van der Waals surface area contributed by atoms with Gasteiger partial charge in [-0.3, -0.25) is 9.59 Å². The SMILES string of the molecule is O=C(Nc1ccc(N2CCCC2)c(C(=O)NCc2ccc(F)cc2)c1)c1ccccc1F. The molecule has 1 heterocycles. The van der Waals surface area contributed by atoms with Gasteiger partial charge in [0.25, 0.3) is 11.8 Å². The molecule has 0 aliphatic carbocycles. The number of amides is 2. The van der Waals surface area contributed by atoms with Crippen molar-refractivity contribution >= 4 is 23.2 Å². The number of hydrogen-bond acceptors (Lipinski definition) is 3. The van der Waals surface area contributed by atoms with Gasteiger partial charge in [0.05, 0.1) is 11.1 Å². The number of carbonyl (C=O) groups excluding carboxylic acids is 2. The fourth-order valence-corrected chi connectivity index (χ4v) is 3.75. The minimum atomic E-state index is -0.615. The molecule has 2 amide bonds. The van der Waals surface area contributed by atoms with Crippen LogP contribution >= 0.6 is 0 Å². The predicted molar refractivity (Wildman–Crippen MR) is 120 cm³/mol. The van der Waals surface area contributed by atoms with Crippen LogP contribution in [-0.2, 0) is 6.54 Å². The van der Waals surface area contributed by atoms with Gasteiger partial charge in [0.2, 0.25) is 0 Å². The van der Waals surface area contributed by atoms with E-state index in [1.54, 1.807) is 36.4 Å². The molecular formula is C25H23F2N3O2. The average Bonchev–Trinajstić information content (AvgIpc) is 3.33. The Hall–Kier alpha value is -3.74. The Morgan fingerprint density at radius 3 is 2.28 bits per heavy atom. The van der Waals surface area contributed by atoms with Crippen LogP contribution in [0.2, 0.25) is 0 Å². The van der Waals surface area contributed by atoms with Gasteiger partial charge in [-0.25, -0.2) is 8.78 Å². The molecule has 0 bridgehead atoms. The standard InChI is InChI=1S/C25H23F2N3O2/c26-18-9-7-17(8-10-18)16-28-24(31)21-15-19(11-12-23(21)30-13-3-4-14-30)29-25(32)20-5-1-2-6-22(20)27/h1-2,5-12,15H,3-4,13-14,16H2,(H,28,31)(H,29,32). The van der Waals surface area contributed by atoms with E-state index >= 15 is 0 Å². The zero-order valence-electron chi connectivity index (χ0n) is 17.4. The highest BCUT2D eigenvalue weighted by Gasteiger charge is 2.21. The summed E-state index contributed by atoms with van der Waals surface area (Å²) in [7, 11) is 0. The van der Waals surface area contributed by atoms with Gasteiger partial charge >= 0.3 is 0 Å². The Kier molecular flexibility index (Phi) is 6.44. The second kappa shape index (κ2) is 9.60. The zero-order chi connectivity index (χ0) is 22.5. The molecule has 32 heavy (non-hydrogen) atoms. The van der Waals surface area contributed by atoms with Gasteiger partial charge in [0.15, 0.2) is 0 Å². The highest BCUT2D eigenvalue weighted by molar-refractivity contribution is 6.06. The van der Waals surface area contributed by atoms with E-state index in [0.29, 0.717) is 11.3 Å². The van der Waals surface area contributed by atoms with Gasteiger partial charge in [0, 0.05) is 31.0 Å². The van der Waals surface area contributed by atoms with Gasteiger partial charge in [0.1, 0.15) is 11.6 Å². The number of hydrogen-bond donors (Lipinski definition) is 2. The summed E-state index contributed by atoms with van der Waals surface area (Å²) in [5.41, 5.74) is 2.29. The van der Waals surface area contributed by atoms with E-state index in [0.717, 1.165) is 37.2 Å². The first kappa shape index (κ1) is 21.5. The van der Waals surface area contributed by atoms with Crippen LogP contribution in [0.5, 0.6) is 0 Å². The number of anilines is 2. The van der Waals surface area contributed by atoms with E-state index in [2.05, 4.69) is 15.5 Å². The number of halogens is 2. The van der Waals surface area contributed by atoms with Crippen molar-refractivity contribution in [3.63, 3.8) is 0 Å². The van der Waals surface area contributed by atoms with Crippen molar-refractivity contribution in [2.75, 3.05) is 23.3 Å². The minimum absolute atomic E-state index is 0.0709. The van der Waals surface area contributed by atoms with Crippen molar-refractivity contribution in [1.29, 1.82) is 0 Å². The van der Waals surface area contributed by atoms with Crippen molar-refractivity contribution in [2.24, 2.45) is 0 Å². The van der Waals surface area contributed by atoms with Gasteiger partial charge in [-0.05, 0) is 60.9 Å². The maximum Gasteiger partial charge on any atom is 0.258 e. The van der Waals surface area contributed by atoms with Gasteiger partial charge in [-0.2, -0.15) is 0 Å². The van der Waals surface area contributed by atoms with Crippen molar-refractivity contribution < 1.29 is 18.4 Å². The van der Waals surface area contributed by atoms with E-state index < -0.39 is 11.7 Å². The molecule has 3 aromatic rings. The van der Waals surface area contributed by atoms with E-state index in [4.69, 9.17) is 0 Å². The topological polar surface area (TPSA) is 61.4 Å². The summed E-state index contributed by atoms with van der Waals surface area (Å²) in [6, 6.07) is 16.8. The molecule has 0 saturated carbocycles. The molecule has 0 unspecified atom stereocenters. The number of rotatable bonds is 6. The first-order chi connectivity index (χ1) is 15.5. The first-order valence-corrected chi connectivity index (χ1v) is 10.5. The highest BCUT2D eigenvalue weighted by Crippen LogP contribution is 2.28. The van der Waals surface area contributed by atoms with E-state index in [1.807, 2.05) is 0 Å². The van der Waals surface area contributed by atoms with Crippen molar-refractivity contribution in [2.45, 2.75) is 19.4 Å². The van der Waals surface area contributed by atoms with Crippen molar-refractivity contribution in [3.8, 4) is 0 Å². The van der Waals surface area contributed by atoms with Gasteiger partial charge in [-0.15, -0.1) is 0 Å². The van der Waals surface area contributed by atoms with Crippen LogP contribution in [0.25, 0.3) is 0 Å². The van der Waals surface area contributed by atoms with Crippen LogP contribution in [0.15, 0.2) is 66.7 Å². The molecule has 1 fully saturated rings. The summed E-state index contributed by atoms with van der Waals surface area (Å²) in [5.74, 6) is -1.85. The molecular weight excluding hydrogens is 412 g/mol. The van der Waals surface area contributed by atoms with Gasteiger partial charge in [-0.1, -0.05) is 24.3 Å². The fourth-order valence-electron chi connectivity index (χ4n) is 3.75. The summed E-state index contributed by atoms with van der Waals surface area (Å²) in [5, 5.41) is 5.53. The lowest BCUT2D eigenvalue weighted by molar-refractivity contribution is 0.0950. The average molecular weight is 435 g/mol. The van der Waals surface area contributed by atoms with Crippen LogP contribution in [0.1, 0.15) is 39.1 Å². The van der Waals surface area contributed by atoms with Crippen LogP contribution in [0.3, 0.4) is 0 Å². The van der Waals surface area contributed by atoms with E-state index in [-0.39, 0.29) is 23.8 Å². The van der Waals surface area contributed by atoms with E-state index in [1.165, 1.54) is 30.3 Å². The van der Waals surface area contributed by atoms with Crippen molar-refractivity contribution in [1.82, 2.24) is 5.32 Å². The van der Waals surface area contributed by atoms with Crippen LogP contribution in [-0.4, -0.2) is 24.9 Å². The predicted octanol–water partition coefficient (Wildman–Crippen LogP) is 4.75. The van der Waals surface area contributed by atoms with Crippen LogP contribution in [0.4, 0.5) is 20.2 Å². The largest absolute Gasteiger partial charge is 0.371 e. The molecule has 2 N–H and O–H groups in total. The summed E-state index contributed by atoms with van der Waals surface area (Å²) in [6.45, 7) is 1.93. The summed E-state index contributed by atoms with van der Waals surface area (Å²) < 4.78 is 27.1. The lowest BCUT2D eigenvalue weighted by atomic mass is 10.1. The summed E-state index contributed by atoms with van der Waals surface area (Å²) >= 11 is 0. The van der Waals surface area contributed by atoms with E-state index in [9.17, 15) is 18.4 Å². The Morgan fingerprint density at radius 2 is 1.56 bits per heavy atom. The molecule has 164 valence electrons. The minimum Gasteiger partial charge on any atom is -0.371 e. The molecule has 7 heteroatoms. The molecule has 3 aromatic carbocycles. The van der Waals surface area contributed by atoms with Crippen LogP contribution in [0, 0.1) is 11.6 Å². The third-order valence-electron chi connectivity index (χ3n) is 5.43. The maximum absolute atomic E-state index is 14.0. The maximum atomic E-state index is 14.0. The number of benzene rings is 3. The Morgan fingerprint density at radius 1 is 0.844 bits per heavy atom. The third-order valence-corrected chi connectivity index (χ3v) is 5.43. The first-order valence-electron chi connectivity index (χ1n) is 10.5. The Bertz CT molecular complexity index is 1130. The third kappa shape index (κ3) is 4.94. The highest BCUT2D eigenvalue weighted by atomic mass is 19.1. The molecule has 1 aliphatic heterocycles. The number of nitrogens with one attached hydrogen (secondary N) is 2. The second-order valence-corrected chi connectivity index (χ2v) is 7.67. The smallest absolute Gasteiger partial charge is 0.258 e. The normalized spacial score (nSPS) is 13.1. The Labute approximate surface area is 185 Å². The molecule has 0 aromatic heterocycles.